The predicted octanol–water partition coefficient (Wildman–Crippen LogP) is 7.02. The summed E-state index contributed by atoms with van der Waals surface area (Å²) in [6.45, 7) is 2.09. The number of benzene rings is 3. The van der Waals surface area contributed by atoms with Gasteiger partial charge in [0, 0.05) is 36.3 Å². The largest absolute Gasteiger partial charge is 0.384 e. The monoisotopic (exact) mass is 393 g/mol. The molecule has 150 valence electrons. The lowest BCUT2D eigenvalue weighted by atomic mass is 10.1. The molecule has 0 saturated carbocycles. The Morgan fingerprint density at radius 2 is 1.20 bits per heavy atom. The number of para-hydroxylation sites is 2. The van der Waals surface area contributed by atoms with Crippen LogP contribution in [0.5, 0.6) is 0 Å². The molecule has 0 fully saturated rings. The van der Waals surface area contributed by atoms with Crippen LogP contribution >= 0.6 is 0 Å². The van der Waals surface area contributed by atoms with Crippen molar-refractivity contribution in [3.05, 3.63) is 85.2 Å². The second kappa shape index (κ2) is 8.58. The molecule has 3 heteroatoms. The number of pyridine rings is 1. The van der Waals surface area contributed by atoms with Gasteiger partial charge < -0.3 is 9.88 Å². The molecular formula is C27H27N3. The zero-order valence-electron chi connectivity index (χ0n) is 17.2. The van der Waals surface area contributed by atoms with Crippen LogP contribution in [0.1, 0.15) is 25.7 Å². The highest BCUT2D eigenvalue weighted by Crippen LogP contribution is 2.30. The molecule has 2 heterocycles. The molecule has 0 amide bonds. The summed E-state index contributed by atoms with van der Waals surface area (Å²) in [6.07, 6.45) is 9.43. The van der Waals surface area contributed by atoms with Gasteiger partial charge in [-0.1, -0.05) is 73.5 Å². The molecule has 5 rings (SSSR count). The summed E-state index contributed by atoms with van der Waals surface area (Å²) in [6, 6.07) is 25.4. The highest BCUT2D eigenvalue weighted by molar-refractivity contribution is 6.07. The van der Waals surface area contributed by atoms with Crippen LogP contribution in [0.4, 0.5) is 5.69 Å². The molecule has 3 nitrogen and oxygen atoms in total. The molecule has 0 atom stereocenters. The number of nitrogens with one attached hydrogen (secondary N) is 1. The lowest BCUT2D eigenvalue weighted by Crippen LogP contribution is -2.04. The van der Waals surface area contributed by atoms with Crippen LogP contribution in [-0.2, 0) is 6.54 Å². The van der Waals surface area contributed by atoms with Crippen LogP contribution in [0.15, 0.2) is 85.2 Å². The zero-order valence-corrected chi connectivity index (χ0v) is 17.2. The van der Waals surface area contributed by atoms with E-state index < -0.39 is 0 Å². The van der Waals surface area contributed by atoms with E-state index in [0.29, 0.717) is 0 Å². The van der Waals surface area contributed by atoms with Crippen LogP contribution in [0.2, 0.25) is 0 Å². The third kappa shape index (κ3) is 3.88. The number of rotatable bonds is 8. The van der Waals surface area contributed by atoms with Gasteiger partial charge in [-0.2, -0.15) is 0 Å². The number of anilines is 1. The van der Waals surface area contributed by atoms with Gasteiger partial charge in [-0.15, -0.1) is 0 Å². The molecule has 1 N–H and O–H groups in total. The van der Waals surface area contributed by atoms with Gasteiger partial charge in [-0.05, 0) is 35.7 Å². The summed E-state index contributed by atoms with van der Waals surface area (Å²) >= 11 is 0. The Balaban J connectivity index is 1.15. The summed E-state index contributed by atoms with van der Waals surface area (Å²) in [7, 11) is 0. The Kier molecular flexibility index (Phi) is 5.34. The second-order valence-corrected chi connectivity index (χ2v) is 7.99. The van der Waals surface area contributed by atoms with Crippen molar-refractivity contribution in [2.75, 3.05) is 11.9 Å². The number of aromatic nitrogens is 2. The number of unbranched alkanes of at least 4 members (excludes halogenated alkanes) is 3. The van der Waals surface area contributed by atoms with Gasteiger partial charge in [-0.3, -0.25) is 0 Å². The minimum Gasteiger partial charge on any atom is -0.384 e. The SMILES string of the molecule is c1ccc2cn(CCCCCCNc3c4ccccc4nc4ccccc34)cc2c1. The van der Waals surface area contributed by atoms with Gasteiger partial charge in [0.1, 0.15) is 0 Å². The Labute approximate surface area is 177 Å². The van der Waals surface area contributed by atoms with Gasteiger partial charge >= 0.3 is 0 Å². The molecule has 0 radical (unpaired) electrons. The fourth-order valence-corrected chi connectivity index (χ4v) is 4.29. The minimum absolute atomic E-state index is 0.991. The van der Waals surface area contributed by atoms with E-state index in [1.165, 1.54) is 52.9 Å². The van der Waals surface area contributed by atoms with Crippen molar-refractivity contribution in [1.82, 2.24) is 9.55 Å². The quantitative estimate of drug-likeness (QED) is 0.227. The summed E-state index contributed by atoms with van der Waals surface area (Å²) in [5.74, 6) is 0. The molecule has 30 heavy (non-hydrogen) atoms. The smallest absolute Gasteiger partial charge is 0.0730 e. The first kappa shape index (κ1) is 18.7. The molecule has 0 aliphatic rings. The van der Waals surface area contributed by atoms with Crippen LogP contribution < -0.4 is 5.32 Å². The molecular weight excluding hydrogens is 366 g/mol. The van der Waals surface area contributed by atoms with Crippen LogP contribution in [0.25, 0.3) is 32.6 Å². The topological polar surface area (TPSA) is 29.9 Å². The first-order chi connectivity index (χ1) is 14.9. The van der Waals surface area contributed by atoms with Gasteiger partial charge in [0.15, 0.2) is 0 Å². The van der Waals surface area contributed by atoms with E-state index >= 15 is 0 Å². The predicted molar refractivity (Wildman–Crippen MR) is 128 cm³/mol. The van der Waals surface area contributed by atoms with Gasteiger partial charge in [0.25, 0.3) is 0 Å². The number of hydrogen-bond acceptors (Lipinski definition) is 2. The summed E-state index contributed by atoms with van der Waals surface area (Å²) in [4.78, 5) is 4.81. The van der Waals surface area contributed by atoms with E-state index in [2.05, 4.69) is 95.1 Å². The summed E-state index contributed by atoms with van der Waals surface area (Å²) in [5, 5.41) is 8.78. The Morgan fingerprint density at radius 3 is 1.87 bits per heavy atom. The normalized spacial score (nSPS) is 11.5. The highest BCUT2D eigenvalue weighted by atomic mass is 14.9. The third-order valence-corrected chi connectivity index (χ3v) is 5.84. The Morgan fingerprint density at radius 1 is 0.633 bits per heavy atom. The molecule has 0 aliphatic carbocycles. The summed E-state index contributed by atoms with van der Waals surface area (Å²) in [5.41, 5.74) is 3.32. The molecule has 0 aliphatic heterocycles. The summed E-state index contributed by atoms with van der Waals surface area (Å²) < 4.78 is 2.33. The van der Waals surface area contributed by atoms with Crippen molar-refractivity contribution < 1.29 is 0 Å². The number of aryl methyl sites for hydroxylation is 1. The first-order valence-corrected chi connectivity index (χ1v) is 10.9. The standard InChI is InChI=1S/C27H27N3/c1(2-10-18-30-19-21-11-3-4-12-22(21)20-30)9-17-28-27-23-13-5-7-15-25(23)29-26-16-8-6-14-24(26)27/h3-8,11-16,19-20H,1-2,9-10,17-18H2,(H,28,29). The molecule has 0 saturated heterocycles. The molecule has 3 aromatic carbocycles. The van der Waals surface area contributed by atoms with Crippen LogP contribution in [-0.4, -0.2) is 16.1 Å². The first-order valence-electron chi connectivity index (χ1n) is 10.9. The van der Waals surface area contributed by atoms with Crippen LogP contribution in [0, 0.1) is 0 Å². The van der Waals surface area contributed by atoms with E-state index in [0.717, 1.165) is 24.1 Å². The van der Waals surface area contributed by atoms with Crippen molar-refractivity contribution in [1.29, 1.82) is 0 Å². The minimum atomic E-state index is 0.991. The number of nitrogens with zero attached hydrogens (tertiary/aromatic N) is 2. The van der Waals surface area contributed by atoms with E-state index in [1.54, 1.807) is 0 Å². The van der Waals surface area contributed by atoms with Crippen molar-refractivity contribution in [2.24, 2.45) is 0 Å². The second-order valence-electron chi connectivity index (χ2n) is 7.99. The Bertz CT molecular complexity index is 1200. The number of hydrogen-bond donors (Lipinski definition) is 1. The molecule has 0 bridgehead atoms. The van der Waals surface area contributed by atoms with Crippen molar-refractivity contribution in [2.45, 2.75) is 32.2 Å². The highest BCUT2D eigenvalue weighted by Gasteiger charge is 2.07. The lowest BCUT2D eigenvalue weighted by Gasteiger charge is -2.13. The van der Waals surface area contributed by atoms with Crippen molar-refractivity contribution >= 4 is 38.3 Å². The third-order valence-electron chi connectivity index (χ3n) is 5.84. The average Bonchev–Trinajstić information content (AvgIpc) is 3.20. The maximum absolute atomic E-state index is 4.81. The zero-order chi connectivity index (χ0) is 20.2. The van der Waals surface area contributed by atoms with Gasteiger partial charge in [0.2, 0.25) is 0 Å². The molecule has 0 spiro atoms. The Hall–Kier alpha value is -3.33. The average molecular weight is 394 g/mol. The van der Waals surface area contributed by atoms with Gasteiger partial charge in [-0.25, -0.2) is 4.98 Å². The lowest BCUT2D eigenvalue weighted by molar-refractivity contribution is 0.580. The molecule has 0 unspecified atom stereocenters. The number of fused-ring (bicyclic) bond motifs is 3. The van der Waals surface area contributed by atoms with E-state index in [4.69, 9.17) is 4.98 Å². The fraction of sp³-hybridized carbons (Fsp3) is 0.222. The maximum Gasteiger partial charge on any atom is 0.0730 e. The van der Waals surface area contributed by atoms with E-state index in [9.17, 15) is 0 Å². The van der Waals surface area contributed by atoms with Crippen molar-refractivity contribution in [3.8, 4) is 0 Å². The fourth-order valence-electron chi connectivity index (χ4n) is 4.29. The van der Waals surface area contributed by atoms with Gasteiger partial charge in [0.05, 0.1) is 16.7 Å². The molecule has 5 aromatic rings. The maximum atomic E-state index is 4.81. The van der Waals surface area contributed by atoms with Crippen LogP contribution in [0.3, 0.4) is 0 Å². The van der Waals surface area contributed by atoms with Crippen molar-refractivity contribution in [3.63, 3.8) is 0 Å². The molecule has 2 aromatic heterocycles. The van der Waals surface area contributed by atoms with E-state index in [-0.39, 0.29) is 0 Å². The van der Waals surface area contributed by atoms with E-state index in [1.807, 2.05) is 0 Å².